The molecule has 1 aliphatic heterocycles. The van der Waals surface area contributed by atoms with Gasteiger partial charge in [0.25, 0.3) is 11.9 Å². The molecule has 1 fully saturated rings. The molecule has 4 rings (SSSR count). The summed E-state index contributed by atoms with van der Waals surface area (Å²) < 4.78 is 5.71. The number of oxazole rings is 1. The summed E-state index contributed by atoms with van der Waals surface area (Å²) in [5.74, 6) is 0.0728. The molecule has 1 aromatic heterocycles. The molecule has 5 nitrogen and oxygen atoms in total. The average molecular weight is 388 g/mol. The second-order valence-corrected chi connectivity index (χ2v) is 7.50. The van der Waals surface area contributed by atoms with Crippen molar-refractivity contribution in [1.82, 2.24) is 9.88 Å². The number of hydrogen-bond acceptors (Lipinski definition) is 5. The molecule has 1 saturated heterocycles. The number of carbonyl (C=O) groups excluding carboxylic acids is 1. The molecule has 134 valence electrons. The zero-order valence-corrected chi connectivity index (χ0v) is 15.8. The van der Waals surface area contributed by atoms with Gasteiger partial charge in [-0.25, -0.2) is 0 Å². The fourth-order valence-corrected chi connectivity index (χ4v) is 3.94. The van der Waals surface area contributed by atoms with E-state index in [0.717, 1.165) is 22.4 Å². The molecular weight excluding hydrogens is 370 g/mol. The monoisotopic (exact) mass is 387 g/mol. The van der Waals surface area contributed by atoms with Gasteiger partial charge in [-0.2, -0.15) is 4.98 Å². The summed E-state index contributed by atoms with van der Waals surface area (Å²) >= 11 is 7.57. The maximum Gasteiger partial charge on any atom is 0.295 e. The molecule has 1 aliphatic rings. The van der Waals surface area contributed by atoms with Gasteiger partial charge in [0.1, 0.15) is 5.52 Å². The molecule has 0 radical (unpaired) electrons. The lowest BCUT2D eigenvalue weighted by molar-refractivity contribution is 0.0788. The Morgan fingerprint density at radius 1 is 1.35 bits per heavy atom. The van der Waals surface area contributed by atoms with Gasteiger partial charge < -0.3 is 14.6 Å². The van der Waals surface area contributed by atoms with Crippen molar-refractivity contribution in [1.29, 1.82) is 0 Å². The number of hydrogen-bond donors (Lipinski definition) is 1. The standard InChI is InChI=1S/C19H18ClN3O2S/c1-26-17-5-3-2-4-14(17)18(24)23-9-8-13(11-23)21-19-22-15-7-6-12(20)10-16(15)25-19/h2-7,10,13H,8-9,11H2,1H3,(H,21,22). The molecular formula is C19H18ClN3O2S. The van der Waals surface area contributed by atoms with Crippen molar-refractivity contribution in [2.45, 2.75) is 17.4 Å². The first-order chi connectivity index (χ1) is 12.6. The van der Waals surface area contributed by atoms with Crippen LogP contribution in [0.5, 0.6) is 0 Å². The highest BCUT2D eigenvalue weighted by atomic mass is 35.5. The fourth-order valence-electron chi connectivity index (χ4n) is 3.19. The lowest BCUT2D eigenvalue weighted by Crippen LogP contribution is -2.31. The van der Waals surface area contributed by atoms with Crippen LogP contribution in [0.1, 0.15) is 16.8 Å². The van der Waals surface area contributed by atoms with E-state index in [2.05, 4.69) is 10.3 Å². The maximum absolute atomic E-state index is 12.8. The summed E-state index contributed by atoms with van der Waals surface area (Å²) in [6.45, 7) is 1.34. The molecule has 1 atom stereocenters. The molecule has 3 aromatic rings. The smallest absolute Gasteiger partial charge is 0.295 e. The minimum absolute atomic E-state index is 0.0728. The van der Waals surface area contributed by atoms with Crippen molar-refractivity contribution >= 4 is 46.4 Å². The van der Waals surface area contributed by atoms with Crippen LogP contribution in [0.15, 0.2) is 51.8 Å². The average Bonchev–Trinajstić information content (AvgIpc) is 3.27. The number of halogens is 1. The zero-order valence-electron chi connectivity index (χ0n) is 14.2. The first-order valence-electron chi connectivity index (χ1n) is 8.39. The number of aromatic nitrogens is 1. The van der Waals surface area contributed by atoms with Crippen molar-refractivity contribution < 1.29 is 9.21 Å². The predicted molar refractivity (Wildman–Crippen MR) is 105 cm³/mol. The van der Waals surface area contributed by atoms with Crippen molar-refractivity contribution in [3.05, 3.63) is 53.1 Å². The molecule has 0 saturated carbocycles. The van der Waals surface area contributed by atoms with Crippen LogP contribution in [0.25, 0.3) is 11.1 Å². The number of nitrogens with zero attached hydrogens (tertiary/aromatic N) is 2. The Bertz CT molecular complexity index is 959. The summed E-state index contributed by atoms with van der Waals surface area (Å²) in [6, 6.07) is 13.7. The lowest BCUT2D eigenvalue weighted by Gasteiger charge is -2.18. The van der Waals surface area contributed by atoms with Gasteiger partial charge in [-0.1, -0.05) is 23.7 Å². The van der Waals surface area contributed by atoms with Gasteiger partial charge in [-0.3, -0.25) is 4.79 Å². The van der Waals surface area contributed by atoms with Crippen molar-refractivity contribution in [2.24, 2.45) is 0 Å². The molecule has 0 aliphatic carbocycles. The lowest BCUT2D eigenvalue weighted by atomic mass is 10.2. The molecule has 2 heterocycles. The summed E-state index contributed by atoms with van der Waals surface area (Å²) in [6.07, 6.45) is 2.84. The summed E-state index contributed by atoms with van der Waals surface area (Å²) in [5, 5.41) is 3.91. The van der Waals surface area contributed by atoms with E-state index in [1.807, 2.05) is 41.5 Å². The SMILES string of the molecule is CSc1ccccc1C(=O)N1CCC(Nc2nc3ccc(Cl)cc3o2)C1. The molecule has 0 spiro atoms. The van der Waals surface area contributed by atoms with Crippen LogP contribution in [0.2, 0.25) is 5.02 Å². The topological polar surface area (TPSA) is 58.4 Å². The Labute approximate surface area is 160 Å². The third-order valence-corrected chi connectivity index (χ3v) is 5.52. The first-order valence-corrected chi connectivity index (χ1v) is 9.99. The highest BCUT2D eigenvalue weighted by molar-refractivity contribution is 7.98. The number of rotatable bonds is 4. The fraction of sp³-hybridized carbons (Fsp3) is 0.263. The van der Waals surface area contributed by atoms with Gasteiger partial charge in [-0.05, 0) is 36.9 Å². The Kier molecular flexibility index (Phi) is 4.78. The zero-order chi connectivity index (χ0) is 18.1. The van der Waals surface area contributed by atoms with Gasteiger partial charge in [0.2, 0.25) is 0 Å². The van der Waals surface area contributed by atoms with Gasteiger partial charge in [-0.15, -0.1) is 11.8 Å². The minimum atomic E-state index is 0.0728. The van der Waals surface area contributed by atoms with E-state index in [0.29, 0.717) is 29.7 Å². The molecule has 7 heteroatoms. The van der Waals surface area contributed by atoms with Gasteiger partial charge in [0.15, 0.2) is 5.58 Å². The van der Waals surface area contributed by atoms with Gasteiger partial charge in [0.05, 0.1) is 5.56 Å². The van der Waals surface area contributed by atoms with E-state index in [4.69, 9.17) is 16.0 Å². The number of thioether (sulfide) groups is 1. The Hall–Kier alpha value is -2.18. The normalized spacial score (nSPS) is 17.0. The second-order valence-electron chi connectivity index (χ2n) is 6.21. The van der Waals surface area contributed by atoms with Crippen LogP contribution < -0.4 is 5.32 Å². The van der Waals surface area contributed by atoms with Crippen molar-refractivity contribution in [2.75, 3.05) is 24.7 Å². The third-order valence-electron chi connectivity index (χ3n) is 4.49. The van der Waals surface area contributed by atoms with E-state index in [1.165, 1.54) is 0 Å². The van der Waals surface area contributed by atoms with E-state index < -0.39 is 0 Å². The van der Waals surface area contributed by atoms with E-state index in [-0.39, 0.29) is 11.9 Å². The number of fused-ring (bicyclic) bond motifs is 1. The van der Waals surface area contributed by atoms with Gasteiger partial charge in [0, 0.05) is 35.1 Å². The van der Waals surface area contributed by atoms with Gasteiger partial charge >= 0.3 is 0 Å². The number of carbonyl (C=O) groups is 1. The van der Waals surface area contributed by atoms with E-state index in [1.54, 1.807) is 23.9 Å². The van der Waals surface area contributed by atoms with Crippen LogP contribution >= 0.6 is 23.4 Å². The highest BCUT2D eigenvalue weighted by Crippen LogP contribution is 2.26. The number of nitrogens with one attached hydrogen (secondary N) is 1. The quantitative estimate of drug-likeness (QED) is 0.666. The Balaban J connectivity index is 1.45. The van der Waals surface area contributed by atoms with E-state index in [9.17, 15) is 4.79 Å². The Morgan fingerprint density at radius 2 is 2.19 bits per heavy atom. The highest BCUT2D eigenvalue weighted by Gasteiger charge is 2.28. The maximum atomic E-state index is 12.8. The van der Waals surface area contributed by atoms with Crippen LogP contribution in [0, 0.1) is 0 Å². The Morgan fingerprint density at radius 3 is 3.04 bits per heavy atom. The van der Waals surface area contributed by atoms with Crippen molar-refractivity contribution in [3.8, 4) is 0 Å². The summed E-state index contributed by atoms with van der Waals surface area (Å²) in [5.41, 5.74) is 2.17. The van der Waals surface area contributed by atoms with Crippen LogP contribution in [0.3, 0.4) is 0 Å². The molecule has 0 bridgehead atoms. The summed E-state index contributed by atoms with van der Waals surface area (Å²) in [7, 11) is 0. The van der Waals surface area contributed by atoms with E-state index >= 15 is 0 Å². The number of benzene rings is 2. The molecule has 1 N–H and O–H groups in total. The number of amides is 1. The number of likely N-dealkylation sites (tertiary alicyclic amines) is 1. The largest absolute Gasteiger partial charge is 0.423 e. The van der Waals surface area contributed by atoms with Crippen molar-refractivity contribution in [3.63, 3.8) is 0 Å². The molecule has 1 unspecified atom stereocenters. The van der Waals surface area contributed by atoms with Crippen LogP contribution in [-0.4, -0.2) is 41.2 Å². The van der Waals surface area contributed by atoms with Crippen LogP contribution in [0.4, 0.5) is 6.01 Å². The predicted octanol–water partition coefficient (Wildman–Crippen LogP) is 4.53. The molecule has 1 amide bonds. The molecule has 2 aromatic carbocycles. The number of anilines is 1. The third kappa shape index (κ3) is 3.39. The summed E-state index contributed by atoms with van der Waals surface area (Å²) in [4.78, 5) is 20.1. The minimum Gasteiger partial charge on any atom is -0.423 e. The second kappa shape index (κ2) is 7.21. The first kappa shape index (κ1) is 17.2. The molecule has 26 heavy (non-hydrogen) atoms. The van der Waals surface area contributed by atoms with Crippen LogP contribution in [-0.2, 0) is 0 Å².